The maximum absolute atomic E-state index is 9.88. The van der Waals surface area contributed by atoms with E-state index in [1.54, 1.807) is 6.07 Å². The summed E-state index contributed by atoms with van der Waals surface area (Å²) in [6.45, 7) is 0. The summed E-state index contributed by atoms with van der Waals surface area (Å²) in [4.78, 5) is 0. The average Bonchev–Trinajstić information content (AvgIpc) is 2.40. The lowest BCUT2D eigenvalue weighted by Crippen LogP contribution is -1.99. The quantitative estimate of drug-likeness (QED) is 0.695. The van der Waals surface area contributed by atoms with Gasteiger partial charge in [-0.05, 0) is 42.5 Å². The fraction of sp³-hybridized carbons (Fsp3) is 0.500. The van der Waals surface area contributed by atoms with Crippen molar-refractivity contribution in [3.8, 4) is 11.5 Å². The molecule has 1 aromatic rings. The van der Waals surface area contributed by atoms with Crippen LogP contribution in [0.2, 0.25) is 0 Å². The van der Waals surface area contributed by atoms with Crippen LogP contribution in [0, 0.1) is 0 Å². The van der Waals surface area contributed by atoms with E-state index in [-0.39, 0.29) is 5.75 Å². The Morgan fingerprint density at radius 2 is 2.13 bits per heavy atom. The molecule has 0 saturated heterocycles. The highest BCUT2D eigenvalue weighted by molar-refractivity contribution is 5.47. The molecule has 0 radical (unpaired) electrons. The molecule has 1 unspecified atom stereocenters. The summed E-state index contributed by atoms with van der Waals surface area (Å²) in [6.07, 6.45) is 3.39. The molecule has 0 aromatic heterocycles. The van der Waals surface area contributed by atoms with E-state index in [9.17, 15) is 10.2 Å². The minimum absolute atomic E-state index is 0.109. The third-order valence-electron chi connectivity index (χ3n) is 2.97. The molecule has 1 aromatic carbocycles. The molecule has 2 rings (SSSR count). The molecular weight excluding hydrogens is 192 g/mol. The van der Waals surface area contributed by atoms with Crippen molar-refractivity contribution < 1.29 is 14.9 Å². The standard InChI is InChI=1S/C12H16O3/c1-15-12-6-8-4-2-3-5-10(13)9(8)7-11(12)14/h6-7,10,13-14H,2-5H2,1H3. The Bertz CT molecular complexity index is 360. The van der Waals surface area contributed by atoms with Gasteiger partial charge >= 0.3 is 0 Å². The number of hydrogen-bond donors (Lipinski definition) is 2. The van der Waals surface area contributed by atoms with Gasteiger partial charge in [0.15, 0.2) is 11.5 Å². The number of hydrogen-bond acceptors (Lipinski definition) is 3. The molecule has 1 aliphatic rings. The number of rotatable bonds is 1. The van der Waals surface area contributed by atoms with Gasteiger partial charge in [-0.25, -0.2) is 0 Å². The van der Waals surface area contributed by atoms with Gasteiger partial charge in [0.25, 0.3) is 0 Å². The second-order valence-corrected chi connectivity index (χ2v) is 3.98. The third kappa shape index (κ3) is 1.92. The maximum Gasteiger partial charge on any atom is 0.160 e. The summed E-state index contributed by atoms with van der Waals surface area (Å²) in [5, 5.41) is 19.5. The number of fused-ring (bicyclic) bond motifs is 1. The highest BCUT2D eigenvalue weighted by atomic mass is 16.5. The van der Waals surface area contributed by atoms with Gasteiger partial charge < -0.3 is 14.9 Å². The summed E-state index contributed by atoms with van der Waals surface area (Å²) in [5.74, 6) is 0.597. The van der Waals surface area contributed by atoms with Crippen LogP contribution in [0.15, 0.2) is 12.1 Å². The van der Waals surface area contributed by atoms with E-state index in [4.69, 9.17) is 4.74 Å². The Hall–Kier alpha value is -1.22. The number of aliphatic hydroxyl groups is 1. The lowest BCUT2D eigenvalue weighted by Gasteiger charge is -2.14. The van der Waals surface area contributed by atoms with Crippen molar-refractivity contribution in [2.45, 2.75) is 31.8 Å². The van der Waals surface area contributed by atoms with Crippen LogP contribution in [0.3, 0.4) is 0 Å². The first kappa shape index (κ1) is 10.3. The smallest absolute Gasteiger partial charge is 0.160 e. The highest BCUT2D eigenvalue weighted by Gasteiger charge is 2.18. The first-order valence-electron chi connectivity index (χ1n) is 5.30. The number of phenols is 1. The van der Waals surface area contributed by atoms with E-state index in [0.29, 0.717) is 5.75 Å². The van der Waals surface area contributed by atoms with Crippen LogP contribution < -0.4 is 4.74 Å². The third-order valence-corrected chi connectivity index (χ3v) is 2.97. The number of ether oxygens (including phenoxy) is 1. The molecule has 0 amide bonds. The summed E-state index contributed by atoms with van der Waals surface area (Å²) in [5.41, 5.74) is 1.94. The Kier molecular flexibility index (Phi) is 2.82. The van der Waals surface area contributed by atoms with E-state index in [2.05, 4.69) is 0 Å². The zero-order valence-electron chi connectivity index (χ0n) is 8.86. The van der Waals surface area contributed by atoms with Crippen molar-refractivity contribution in [1.82, 2.24) is 0 Å². The number of aromatic hydroxyl groups is 1. The number of phenolic OH excluding ortho intramolecular Hbond substituents is 1. The van der Waals surface area contributed by atoms with E-state index in [0.717, 1.165) is 36.8 Å². The predicted octanol–water partition coefficient (Wildman–Crippen LogP) is 2.16. The normalized spacial score (nSPS) is 20.5. The fourth-order valence-corrected chi connectivity index (χ4v) is 2.13. The second kappa shape index (κ2) is 4.11. The summed E-state index contributed by atoms with van der Waals surface area (Å²) < 4.78 is 5.06. The number of methoxy groups -OCH3 is 1. The molecule has 0 spiro atoms. The van der Waals surface area contributed by atoms with Gasteiger partial charge in [0, 0.05) is 0 Å². The van der Waals surface area contributed by atoms with Crippen molar-refractivity contribution in [2.24, 2.45) is 0 Å². The average molecular weight is 208 g/mol. The van der Waals surface area contributed by atoms with Gasteiger partial charge in [0.05, 0.1) is 13.2 Å². The van der Waals surface area contributed by atoms with Crippen molar-refractivity contribution in [1.29, 1.82) is 0 Å². The lowest BCUT2D eigenvalue weighted by molar-refractivity contribution is 0.166. The molecule has 0 heterocycles. The zero-order chi connectivity index (χ0) is 10.8. The van der Waals surface area contributed by atoms with Crippen molar-refractivity contribution in [3.63, 3.8) is 0 Å². The monoisotopic (exact) mass is 208 g/mol. The summed E-state index contributed by atoms with van der Waals surface area (Å²) in [6, 6.07) is 3.46. The molecule has 2 N–H and O–H groups in total. The van der Waals surface area contributed by atoms with Gasteiger partial charge in [-0.1, -0.05) is 6.42 Å². The SMILES string of the molecule is COc1cc2c(cc1O)C(O)CCCC2. The molecule has 3 heteroatoms. The van der Waals surface area contributed by atoms with Crippen LogP contribution in [0.5, 0.6) is 11.5 Å². The minimum Gasteiger partial charge on any atom is -0.504 e. The Morgan fingerprint density at radius 3 is 2.87 bits per heavy atom. The molecule has 15 heavy (non-hydrogen) atoms. The molecule has 1 atom stereocenters. The first-order chi connectivity index (χ1) is 7.22. The van der Waals surface area contributed by atoms with Crippen LogP contribution in [0.25, 0.3) is 0 Å². The second-order valence-electron chi connectivity index (χ2n) is 3.98. The van der Waals surface area contributed by atoms with Crippen LogP contribution in [0.4, 0.5) is 0 Å². The molecule has 3 nitrogen and oxygen atoms in total. The molecule has 0 fully saturated rings. The van der Waals surface area contributed by atoms with Crippen molar-refractivity contribution in [2.75, 3.05) is 7.11 Å². The molecule has 82 valence electrons. The van der Waals surface area contributed by atoms with E-state index >= 15 is 0 Å². The molecule has 0 bridgehead atoms. The van der Waals surface area contributed by atoms with Gasteiger partial charge in [0.1, 0.15) is 0 Å². The maximum atomic E-state index is 9.88. The van der Waals surface area contributed by atoms with Crippen LogP contribution in [0.1, 0.15) is 36.5 Å². The van der Waals surface area contributed by atoms with Gasteiger partial charge in [-0.3, -0.25) is 0 Å². The van der Waals surface area contributed by atoms with E-state index in [1.165, 1.54) is 7.11 Å². The van der Waals surface area contributed by atoms with Crippen molar-refractivity contribution >= 4 is 0 Å². The molecule has 0 aliphatic heterocycles. The van der Waals surface area contributed by atoms with Gasteiger partial charge in [-0.2, -0.15) is 0 Å². The van der Waals surface area contributed by atoms with Gasteiger partial charge in [0.2, 0.25) is 0 Å². The zero-order valence-corrected chi connectivity index (χ0v) is 8.86. The highest BCUT2D eigenvalue weighted by Crippen LogP contribution is 2.36. The number of benzene rings is 1. The topological polar surface area (TPSA) is 49.7 Å². The van der Waals surface area contributed by atoms with Crippen LogP contribution >= 0.6 is 0 Å². The minimum atomic E-state index is -0.445. The molecule has 0 saturated carbocycles. The Labute approximate surface area is 89.3 Å². The molecular formula is C12H16O3. The summed E-state index contributed by atoms with van der Waals surface area (Å²) >= 11 is 0. The number of aliphatic hydroxyl groups excluding tert-OH is 1. The van der Waals surface area contributed by atoms with E-state index < -0.39 is 6.10 Å². The van der Waals surface area contributed by atoms with Gasteiger partial charge in [-0.15, -0.1) is 0 Å². The first-order valence-corrected chi connectivity index (χ1v) is 5.30. The van der Waals surface area contributed by atoms with Crippen LogP contribution in [-0.2, 0) is 6.42 Å². The number of aryl methyl sites for hydroxylation is 1. The fourth-order valence-electron chi connectivity index (χ4n) is 2.13. The van der Waals surface area contributed by atoms with Crippen molar-refractivity contribution in [3.05, 3.63) is 23.3 Å². The predicted molar refractivity (Wildman–Crippen MR) is 57.2 cm³/mol. The van der Waals surface area contributed by atoms with Crippen LogP contribution in [-0.4, -0.2) is 17.3 Å². The summed E-state index contributed by atoms with van der Waals surface area (Å²) in [7, 11) is 1.54. The largest absolute Gasteiger partial charge is 0.504 e. The Balaban J connectivity index is 2.46. The Morgan fingerprint density at radius 1 is 1.33 bits per heavy atom. The van der Waals surface area contributed by atoms with E-state index in [1.807, 2.05) is 6.07 Å². The lowest BCUT2D eigenvalue weighted by atomic mass is 10.0. The molecule has 1 aliphatic carbocycles.